The van der Waals surface area contributed by atoms with Crippen LogP contribution in [-0.2, 0) is 14.4 Å². The zero-order valence-corrected chi connectivity index (χ0v) is 25.4. The average Bonchev–Trinajstić information content (AvgIpc) is 3.74. The van der Waals surface area contributed by atoms with Gasteiger partial charge >= 0.3 is 5.91 Å². The van der Waals surface area contributed by atoms with Gasteiger partial charge in [0.05, 0.1) is 36.2 Å². The number of hydrogen-bond donors (Lipinski definition) is 2. The third kappa shape index (κ3) is 5.14. The van der Waals surface area contributed by atoms with Crippen molar-refractivity contribution in [1.82, 2.24) is 24.3 Å². The number of benzene rings is 2. The molecule has 10 heteroatoms. The number of aromatic amines is 1. The summed E-state index contributed by atoms with van der Waals surface area (Å²) in [5.41, 5.74) is 9.97. The lowest BCUT2D eigenvalue weighted by molar-refractivity contribution is -0.136. The van der Waals surface area contributed by atoms with Gasteiger partial charge < -0.3 is 20.0 Å². The van der Waals surface area contributed by atoms with E-state index >= 15 is 0 Å². The van der Waals surface area contributed by atoms with Gasteiger partial charge in [-0.15, -0.1) is 0 Å². The molecule has 4 aromatic rings. The Labute approximate surface area is 261 Å². The van der Waals surface area contributed by atoms with E-state index in [9.17, 15) is 14.4 Å². The van der Waals surface area contributed by atoms with Crippen molar-refractivity contribution in [3.63, 3.8) is 0 Å². The Morgan fingerprint density at radius 1 is 0.956 bits per heavy atom. The van der Waals surface area contributed by atoms with Gasteiger partial charge in [0.2, 0.25) is 11.8 Å². The maximum Gasteiger partial charge on any atom is 0.319 e. The summed E-state index contributed by atoms with van der Waals surface area (Å²) >= 11 is 0. The molecule has 2 aromatic carbocycles. The van der Waals surface area contributed by atoms with Crippen LogP contribution in [0.3, 0.4) is 0 Å². The maximum absolute atomic E-state index is 13.8. The van der Waals surface area contributed by atoms with Crippen molar-refractivity contribution in [2.45, 2.75) is 76.3 Å². The number of carbonyl (C=O) groups is 3. The number of nitrogens with one attached hydrogen (secondary N) is 1. The van der Waals surface area contributed by atoms with Crippen LogP contribution < -0.4 is 10.2 Å². The molecule has 1 unspecified atom stereocenters. The van der Waals surface area contributed by atoms with Crippen LogP contribution in [0.2, 0.25) is 0 Å². The van der Waals surface area contributed by atoms with Gasteiger partial charge in [0.15, 0.2) is 11.8 Å². The summed E-state index contributed by atoms with van der Waals surface area (Å²) in [5.74, 6) is 2.76. The first-order chi connectivity index (χ1) is 21.9. The minimum absolute atomic E-state index is 0.0110. The van der Waals surface area contributed by atoms with Crippen molar-refractivity contribution in [2.24, 2.45) is 17.6 Å². The Balaban J connectivity index is 1.06. The van der Waals surface area contributed by atoms with E-state index < -0.39 is 11.9 Å². The molecule has 2 saturated carbocycles. The molecule has 2 aliphatic heterocycles. The number of oxazole rings is 1. The minimum atomic E-state index is -0.565. The van der Waals surface area contributed by atoms with E-state index in [1.165, 1.54) is 12.8 Å². The molecule has 4 aliphatic rings. The maximum atomic E-state index is 13.8. The summed E-state index contributed by atoms with van der Waals surface area (Å²) in [6, 6.07) is 13.0. The Bertz CT molecular complexity index is 1800. The van der Waals surface area contributed by atoms with E-state index in [1.807, 2.05) is 47.4 Å². The van der Waals surface area contributed by atoms with Crippen LogP contribution in [-0.4, -0.2) is 56.7 Å². The number of imidazole rings is 1. The lowest BCUT2D eigenvalue weighted by Gasteiger charge is -2.35. The molecular formula is C35H39N6O4+. The summed E-state index contributed by atoms with van der Waals surface area (Å²) in [5, 5.41) is 0. The van der Waals surface area contributed by atoms with Crippen LogP contribution in [0.1, 0.15) is 76.1 Å². The topological polar surface area (TPSA) is 135 Å². The zero-order chi connectivity index (χ0) is 30.7. The molecule has 0 radical (unpaired) electrons. The molecule has 2 aromatic heterocycles. The van der Waals surface area contributed by atoms with Gasteiger partial charge in [-0.05, 0) is 80.7 Å². The van der Waals surface area contributed by atoms with Gasteiger partial charge in [-0.25, -0.2) is 19.2 Å². The number of fused-ring (bicyclic) bond motifs is 1. The van der Waals surface area contributed by atoms with Gasteiger partial charge in [-0.3, -0.25) is 9.59 Å². The summed E-state index contributed by atoms with van der Waals surface area (Å²) in [6.45, 7) is 1.36. The highest BCUT2D eigenvalue weighted by Gasteiger charge is 2.53. The van der Waals surface area contributed by atoms with Crippen LogP contribution in [0, 0.1) is 11.8 Å². The molecule has 8 rings (SSSR count). The van der Waals surface area contributed by atoms with Gasteiger partial charge in [-0.2, -0.15) is 0 Å². The second kappa shape index (κ2) is 10.9. The van der Waals surface area contributed by atoms with E-state index in [2.05, 4.69) is 9.97 Å². The number of rotatable bonds is 9. The first kappa shape index (κ1) is 28.2. The first-order valence-electron chi connectivity index (χ1n) is 16.5. The van der Waals surface area contributed by atoms with Gasteiger partial charge in [-0.1, -0.05) is 6.07 Å². The average molecular weight is 608 g/mol. The van der Waals surface area contributed by atoms with Gasteiger partial charge in [0.1, 0.15) is 11.5 Å². The molecule has 3 amide bonds. The van der Waals surface area contributed by atoms with Crippen molar-refractivity contribution in [1.29, 1.82) is 0 Å². The lowest BCUT2D eigenvalue weighted by atomic mass is 10.1. The van der Waals surface area contributed by atoms with E-state index in [-0.39, 0.29) is 22.3 Å². The van der Waals surface area contributed by atoms with Crippen LogP contribution >= 0.6 is 0 Å². The Hall–Kier alpha value is -4.31. The smallest absolute Gasteiger partial charge is 0.319 e. The highest BCUT2D eigenvalue weighted by molar-refractivity contribution is 5.97. The zero-order valence-electron chi connectivity index (χ0n) is 25.4. The molecule has 0 bridgehead atoms. The molecule has 4 heterocycles. The normalized spacial score (nSPS) is 24.8. The van der Waals surface area contributed by atoms with Gasteiger partial charge in [0.25, 0.3) is 5.91 Å². The first-order valence-corrected chi connectivity index (χ1v) is 16.5. The molecule has 3 N–H and O–H groups in total. The van der Waals surface area contributed by atoms with E-state index in [1.54, 1.807) is 6.20 Å². The summed E-state index contributed by atoms with van der Waals surface area (Å²) in [4.78, 5) is 54.2. The minimum Gasteiger partial charge on any atom is -0.436 e. The van der Waals surface area contributed by atoms with Crippen molar-refractivity contribution < 1.29 is 18.8 Å². The second-order valence-electron chi connectivity index (χ2n) is 13.5. The summed E-state index contributed by atoms with van der Waals surface area (Å²) < 4.78 is 6.26. The summed E-state index contributed by atoms with van der Waals surface area (Å²) in [7, 11) is 0. The van der Waals surface area contributed by atoms with E-state index in [4.69, 9.17) is 15.1 Å². The van der Waals surface area contributed by atoms with Crippen molar-refractivity contribution in [3.05, 3.63) is 54.5 Å². The third-order valence-corrected chi connectivity index (χ3v) is 10.3. The molecule has 10 nitrogen and oxygen atoms in total. The number of H-pyrrole nitrogens is 1. The number of hydrogen-bond acceptors (Lipinski definition) is 6. The van der Waals surface area contributed by atoms with Crippen molar-refractivity contribution >= 4 is 34.4 Å². The number of nitrogens with zero attached hydrogens (tertiary/aromatic N) is 4. The largest absolute Gasteiger partial charge is 0.436 e. The van der Waals surface area contributed by atoms with Crippen LogP contribution in [0.4, 0.5) is 5.69 Å². The third-order valence-electron chi connectivity index (χ3n) is 10.3. The van der Waals surface area contributed by atoms with Crippen LogP contribution in [0.15, 0.2) is 53.1 Å². The quantitative estimate of drug-likeness (QED) is 0.237. The standard InChI is InChI=1S/C35H38N6O4/c36-33(44)29-7-3-15-41(29,32(43)17-22-10-11-22)25-5-1-4-24(18-25)35-37-20-30(45-35)23-12-13-26-27(19-23)39-34(38-26)28-6-2-14-40(28)31(42)16-21-8-9-21/h1,4-5,12-13,18-22,28-29H,2-3,6-11,14-17H2,(H2-,36,38,39,44)/p+1/t28-,29-,41?/m0/s1. The molecule has 2 aliphatic carbocycles. The van der Waals surface area contributed by atoms with Gasteiger partial charge in [0, 0.05) is 43.0 Å². The predicted octanol–water partition coefficient (Wildman–Crippen LogP) is 5.63. The van der Waals surface area contributed by atoms with E-state index in [0.29, 0.717) is 49.3 Å². The molecule has 4 fully saturated rings. The van der Waals surface area contributed by atoms with Crippen molar-refractivity contribution in [3.8, 4) is 22.8 Å². The monoisotopic (exact) mass is 607 g/mol. The van der Waals surface area contributed by atoms with Crippen molar-refractivity contribution in [2.75, 3.05) is 13.1 Å². The Morgan fingerprint density at radius 2 is 1.78 bits per heavy atom. The fourth-order valence-electron chi connectivity index (χ4n) is 7.56. The molecule has 232 valence electrons. The molecule has 45 heavy (non-hydrogen) atoms. The summed E-state index contributed by atoms with van der Waals surface area (Å²) in [6.07, 6.45) is 10.6. The number of quaternary nitrogens is 1. The molecule has 2 saturated heterocycles. The molecular weight excluding hydrogens is 568 g/mol. The number of likely N-dealkylation sites (tertiary alicyclic amines) is 2. The van der Waals surface area contributed by atoms with Crippen LogP contribution in [0.25, 0.3) is 33.8 Å². The number of primary amides is 1. The number of amides is 3. The highest BCUT2D eigenvalue weighted by Crippen LogP contribution is 2.42. The van der Waals surface area contributed by atoms with Crippen LogP contribution in [0.5, 0.6) is 0 Å². The Morgan fingerprint density at radius 3 is 2.58 bits per heavy atom. The highest BCUT2D eigenvalue weighted by atomic mass is 16.4. The lowest BCUT2D eigenvalue weighted by Crippen LogP contribution is -2.61. The molecule has 0 spiro atoms. The number of nitrogens with two attached hydrogens (primary N) is 1. The number of carbonyl (C=O) groups excluding carboxylic acids is 3. The molecule has 3 atom stereocenters. The van der Waals surface area contributed by atoms with E-state index in [0.717, 1.165) is 72.3 Å². The second-order valence-corrected chi connectivity index (χ2v) is 13.5. The Kier molecular flexibility index (Phi) is 6.85. The fourth-order valence-corrected chi connectivity index (χ4v) is 7.56. The fraction of sp³-hybridized carbons (Fsp3) is 0.457. The number of aromatic nitrogens is 3. The predicted molar refractivity (Wildman–Crippen MR) is 169 cm³/mol. The SMILES string of the molecule is NC(=O)[C@@H]1CCC[N+]1(C(=O)CC1CC1)c1cccc(-c2ncc(-c3ccc4nc([C@@H]5CCCN5C(=O)CC5CC5)[nH]c4c3)o2)c1.